The van der Waals surface area contributed by atoms with E-state index in [1.165, 1.54) is 0 Å². The number of carbonyl (C=O) groups is 1. The second-order valence-electron chi connectivity index (χ2n) is 3.53. The van der Waals surface area contributed by atoms with Gasteiger partial charge in [-0.15, -0.1) is 11.8 Å². The number of H-pyrrole nitrogens is 1. The zero-order valence-electron chi connectivity index (χ0n) is 8.35. The Bertz CT molecular complexity index is 321. The van der Waals surface area contributed by atoms with Crippen LogP contribution < -0.4 is 5.73 Å². The number of thioether (sulfide) groups is 1. The molecule has 1 saturated heterocycles. The fraction of sp³-hybridized carbons (Fsp3) is 0.556. The van der Waals surface area contributed by atoms with Gasteiger partial charge in [0.25, 0.3) is 0 Å². The number of amides is 1. The normalized spacial score (nSPS) is 18.1. The third kappa shape index (κ3) is 2.51. The molecule has 1 fully saturated rings. The second kappa shape index (κ2) is 4.67. The number of hydrogen-bond acceptors (Lipinski definition) is 4. The molecule has 1 aliphatic heterocycles. The van der Waals surface area contributed by atoms with E-state index in [0.717, 1.165) is 23.9 Å². The van der Waals surface area contributed by atoms with Crippen molar-refractivity contribution >= 4 is 17.7 Å². The summed E-state index contributed by atoms with van der Waals surface area (Å²) in [6, 6.07) is -0.454. The minimum Gasteiger partial charge on any atom is -0.348 e. The predicted molar refractivity (Wildman–Crippen MR) is 59.3 cm³/mol. The van der Waals surface area contributed by atoms with E-state index in [-0.39, 0.29) is 5.91 Å². The highest BCUT2D eigenvalue weighted by atomic mass is 32.2. The number of aromatic amines is 1. The molecule has 0 aliphatic carbocycles. The van der Waals surface area contributed by atoms with Crippen LogP contribution in [0.2, 0.25) is 0 Å². The summed E-state index contributed by atoms with van der Waals surface area (Å²) in [7, 11) is 0. The number of rotatable bonds is 3. The number of hydrogen-bond donors (Lipinski definition) is 2. The van der Waals surface area contributed by atoms with Gasteiger partial charge in [-0.3, -0.25) is 4.79 Å². The Hall–Kier alpha value is -1.01. The molecule has 0 spiro atoms. The van der Waals surface area contributed by atoms with Crippen LogP contribution in [0.1, 0.15) is 5.69 Å². The van der Waals surface area contributed by atoms with Crippen LogP contribution >= 0.6 is 11.8 Å². The molecule has 5 nitrogen and oxygen atoms in total. The van der Waals surface area contributed by atoms with Gasteiger partial charge in [0, 0.05) is 30.6 Å². The van der Waals surface area contributed by atoms with Gasteiger partial charge in [0.1, 0.15) is 0 Å². The van der Waals surface area contributed by atoms with Crippen molar-refractivity contribution < 1.29 is 4.79 Å². The molecular weight excluding hydrogens is 212 g/mol. The van der Waals surface area contributed by atoms with Gasteiger partial charge in [-0.1, -0.05) is 0 Å². The molecule has 2 rings (SSSR count). The van der Waals surface area contributed by atoms with Crippen molar-refractivity contribution in [3.05, 3.63) is 18.2 Å². The highest BCUT2D eigenvalue weighted by Gasteiger charge is 2.24. The third-order valence-corrected chi connectivity index (χ3v) is 3.34. The molecule has 1 atom stereocenters. The van der Waals surface area contributed by atoms with Gasteiger partial charge < -0.3 is 15.6 Å². The first kappa shape index (κ1) is 10.5. The zero-order chi connectivity index (χ0) is 10.7. The number of imidazole rings is 1. The molecule has 1 aromatic rings. The molecule has 0 unspecified atom stereocenters. The summed E-state index contributed by atoms with van der Waals surface area (Å²) in [4.78, 5) is 20.5. The predicted octanol–water partition coefficient (Wildman–Crippen LogP) is -0.188. The highest BCUT2D eigenvalue weighted by Crippen LogP contribution is 2.14. The molecule has 1 amide bonds. The molecule has 1 aromatic heterocycles. The van der Waals surface area contributed by atoms with Gasteiger partial charge in [-0.2, -0.15) is 0 Å². The second-order valence-corrected chi connectivity index (χ2v) is 4.60. The number of aromatic nitrogens is 2. The molecule has 3 N–H and O–H groups in total. The van der Waals surface area contributed by atoms with Gasteiger partial charge in [0.05, 0.1) is 18.2 Å². The molecule has 6 heteroatoms. The summed E-state index contributed by atoms with van der Waals surface area (Å²) in [5.74, 6) is 1.83. The average Bonchev–Trinajstić information content (AvgIpc) is 2.88. The number of carbonyl (C=O) groups excluding carboxylic acids is 1. The standard InChI is InChI=1S/C9H14N4OS/c10-8(3-7-4-11-5-12-7)9(14)13-1-2-15-6-13/h4-5,8H,1-3,6,10H2,(H,11,12)/t8-/m0/s1. The van der Waals surface area contributed by atoms with Crippen LogP contribution in [-0.4, -0.2) is 45.0 Å². The fourth-order valence-corrected chi connectivity index (χ4v) is 2.50. The van der Waals surface area contributed by atoms with Crippen molar-refractivity contribution in [2.24, 2.45) is 5.73 Å². The average molecular weight is 226 g/mol. The van der Waals surface area contributed by atoms with E-state index in [1.807, 2.05) is 4.90 Å². The number of nitrogens with zero attached hydrogens (tertiary/aromatic N) is 2. The van der Waals surface area contributed by atoms with Gasteiger partial charge >= 0.3 is 0 Å². The molecule has 0 saturated carbocycles. The van der Waals surface area contributed by atoms with Crippen LogP contribution in [0.4, 0.5) is 0 Å². The van der Waals surface area contributed by atoms with E-state index in [1.54, 1.807) is 24.3 Å². The van der Waals surface area contributed by atoms with E-state index in [9.17, 15) is 4.79 Å². The van der Waals surface area contributed by atoms with Crippen molar-refractivity contribution in [3.63, 3.8) is 0 Å². The molecule has 15 heavy (non-hydrogen) atoms. The van der Waals surface area contributed by atoms with Crippen LogP contribution in [0.3, 0.4) is 0 Å². The number of nitrogens with two attached hydrogens (primary N) is 1. The molecule has 0 aromatic carbocycles. The van der Waals surface area contributed by atoms with Crippen LogP contribution in [0.25, 0.3) is 0 Å². The minimum atomic E-state index is -0.454. The first-order valence-corrected chi connectivity index (χ1v) is 6.02. The lowest BCUT2D eigenvalue weighted by Crippen LogP contribution is -2.43. The molecule has 82 valence electrons. The molecule has 0 bridgehead atoms. The maximum Gasteiger partial charge on any atom is 0.240 e. The summed E-state index contributed by atoms with van der Waals surface area (Å²) in [6.07, 6.45) is 3.82. The maximum absolute atomic E-state index is 11.8. The zero-order valence-corrected chi connectivity index (χ0v) is 9.17. The molecule has 1 aliphatic rings. The van der Waals surface area contributed by atoms with E-state index < -0.39 is 6.04 Å². The van der Waals surface area contributed by atoms with E-state index in [4.69, 9.17) is 5.73 Å². The first-order valence-electron chi connectivity index (χ1n) is 4.87. The van der Waals surface area contributed by atoms with E-state index >= 15 is 0 Å². The number of nitrogens with one attached hydrogen (secondary N) is 1. The summed E-state index contributed by atoms with van der Waals surface area (Å²) < 4.78 is 0. The lowest BCUT2D eigenvalue weighted by molar-refractivity contribution is -0.131. The smallest absolute Gasteiger partial charge is 0.240 e. The third-order valence-electron chi connectivity index (χ3n) is 2.38. The Morgan fingerprint density at radius 1 is 1.80 bits per heavy atom. The molecule has 2 heterocycles. The van der Waals surface area contributed by atoms with Crippen LogP contribution in [0, 0.1) is 0 Å². The van der Waals surface area contributed by atoms with Crippen molar-refractivity contribution in [2.75, 3.05) is 18.2 Å². The summed E-state index contributed by atoms with van der Waals surface area (Å²) in [6.45, 7) is 0.820. The Balaban J connectivity index is 1.89. The topological polar surface area (TPSA) is 75.0 Å². The first-order chi connectivity index (χ1) is 7.27. The SMILES string of the molecule is N[C@@H](Cc1cnc[nH]1)C(=O)N1CCSC1. The largest absolute Gasteiger partial charge is 0.348 e. The lowest BCUT2D eigenvalue weighted by Gasteiger charge is -2.18. The van der Waals surface area contributed by atoms with Gasteiger partial charge in [0.15, 0.2) is 0 Å². The van der Waals surface area contributed by atoms with Crippen LogP contribution in [0.15, 0.2) is 12.5 Å². The quantitative estimate of drug-likeness (QED) is 0.749. The molecular formula is C9H14N4OS. The minimum absolute atomic E-state index is 0.0367. The Labute approximate surface area is 92.4 Å². The maximum atomic E-state index is 11.8. The van der Waals surface area contributed by atoms with Gasteiger partial charge in [0.2, 0.25) is 5.91 Å². The van der Waals surface area contributed by atoms with Crippen molar-refractivity contribution in [1.29, 1.82) is 0 Å². The monoisotopic (exact) mass is 226 g/mol. The summed E-state index contributed by atoms with van der Waals surface area (Å²) >= 11 is 1.77. The van der Waals surface area contributed by atoms with Crippen molar-refractivity contribution in [3.8, 4) is 0 Å². The van der Waals surface area contributed by atoms with Crippen LogP contribution in [-0.2, 0) is 11.2 Å². The van der Waals surface area contributed by atoms with Crippen molar-refractivity contribution in [2.45, 2.75) is 12.5 Å². The van der Waals surface area contributed by atoms with Gasteiger partial charge in [-0.05, 0) is 0 Å². The van der Waals surface area contributed by atoms with E-state index in [2.05, 4.69) is 9.97 Å². The highest BCUT2D eigenvalue weighted by molar-refractivity contribution is 7.99. The Kier molecular flexibility index (Phi) is 3.27. The summed E-state index contributed by atoms with van der Waals surface area (Å²) in [5, 5.41) is 0. The van der Waals surface area contributed by atoms with Gasteiger partial charge in [-0.25, -0.2) is 4.98 Å². The lowest BCUT2D eigenvalue weighted by atomic mass is 10.1. The van der Waals surface area contributed by atoms with Crippen molar-refractivity contribution in [1.82, 2.24) is 14.9 Å². The summed E-state index contributed by atoms with van der Waals surface area (Å²) in [5.41, 5.74) is 6.75. The van der Waals surface area contributed by atoms with E-state index in [0.29, 0.717) is 6.42 Å². The fourth-order valence-electron chi connectivity index (χ4n) is 1.54. The Morgan fingerprint density at radius 3 is 3.27 bits per heavy atom. The Morgan fingerprint density at radius 2 is 2.67 bits per heavy atom. The molecule has 0 radical (unpaired) electrons. The van der Waals surface area contributed by atoms with Crippen LogP contribution in [0.5, 0.6) is 0 Å².